The molecule has 2 aliphatic carbocycles. The van der Waals surface area contributed by atoms with Gasteiger partial charge in [-0.05, 0) is 37.3 Å². The van der Waals surface area contributed by atoms with Crippen molar-refractivity contribution in [1.82, 2.24) is 0 Å². The first-order valence-electron chi connectivity index (χ1n) is 4.95. The normalized spacial score (nSPS) is 35.2. The predicted molar refractivity (Wildman–Crippen MR) is 60.7 cm³/mol. The van der Waals surface area contributed by atoms with Gasteiger partial charge >= 0.3 is 0 Å². The smallest absolute Gasteiger partial charge is 0.0548 e. The molecular weight excluding hydrogens is 259 g/mol. The Bertz CT molecular complexity index is 235. The van der Waals surface area contributed by atoms with E-state index >= 15 is 0 Å². The molecule has 66 valence electrons. The van der Waals surface area contributed by atoms with Crippen molar-refractivity contribution in [3.8, 4) is 0 Å². The maximum Gasteiger partial charge on any atom is 0.0548 e. The SMILES string of the molecule is I[C@]12CCCCCCC=C=C1C2. The summed E-state index contributed by atoms with van der Waals surface area (Å²) >= 11 is 2.62. The van der Waals surface area contributed by atoms with Crippen molar-refractivity contribution in [2.24, 2.45) is 0 Å². The molecule has 0 aromatic rings. The summed E-state index contributed by atoms with van der Waals surface area (Å²) in [7, 11) is 0. The Morgan fingerprint density at radius 2 is 2.08 bits per heavy atom. The van der Waals surface area contributed by atoms with E-state index in [1.165, 1.54) is 44.9 Å². The van der Waals surface area contributed by atoms with Gasteiger partial charge in [-0.3, -0.25) is 0 Å². The summed E-state index contributed by atoms with van der Waals surface area (Å²) < 4.78 is 0.547. The highest BCUT2D eigenvalue weighted by Gasteiger charge is 2.45. The van der Waals surface area contributed by atoms with Gasteiger partial charge in [-0.2, -0.15) is 0 Å². The molecule has 1 atom stereocenters. The van der Waals surface area contributed by atoms with Gasteiger partial charge in [-0.25, -0.2) is 0 Å². The fourth-order valence-electron chi connectivity index (χ4n) is 1.86. The number of halogens is 1. The Labute approximate surface area is 88.3 Å². The third kappa shape index (κ3) is 1.94. The molecule has 0 unspecified atom stereocenters. The predicted octanol–water partition coefficient (Wildman–Crippen LogP) is 4.00. The molecule has 0 saturated heterocycles. The van der Waals surface area contributed by atoms with Gasteiger partial charge in [0.15, 0.2) is 0 Å². The largest absolute Gasteiger partial charge is 0.125 e. The topological polar surface area (TPSA) is 0 Å². The van der Waals surface area contributed by atoms with E-state index < -0.39 is 0 Å². The van der Waals surface area contributed by atoms with Crippen LogP contribution in [0.4, 0.5) is 0 Å². The Morgan fingerprint density at radius 1 is 1.25 bits per heavy atom. The molecule has 1 fully saturated rings. The van der Waals surface area contributed by atoms with Gasteiger partial charge in [0, 0.05) is 0 Å². The zero-order chi connectivity index (χ0) is 8.44. The van der Waals surface area contributed by atoms with Crippen LogP contribution in [-0.2, 0) is 0 Å². The zero-order valence-corrected chi connectivity index (χ0v) is 9.56. The van der Waals surface area contributed by atoms with Gasteiger partial charge in [-0.15, -0.1) is 5.73 Å². The molecule has 0 aromatic heterocycles. The lowest BCUT2D eigenvalue weighted by Crippen LogP contribution is -1.96. The molecule has 2 aliphatic rings. The van der Waals surface area contributed by atoms with Crippen LogP contribution in [0.3, 0.4) is 0 Å². The van der Waals surface area contributed by atoms with E-state index in [0.29, 0.717) is 3.42 Å². The molecule has 0 nitrogen and oxygen atoms in total. The van der Waals surface area contributed by atoms with E-state index in [-0.39, 0.29) is 0 Å². The van der Waals surface area contributed by atoms with Gasteiger partial charge in [0.2, 0.25) is 0 Å². The van der Waals surface area contributed by atoms with Gasteiger partial charge < -0.3 is 0 Å². The second-order valence-electron chi connectivity index (χ2n) is 3.92. The summed E-state index contributed by atoms with van der Waals surface area (Å²) in [4.78, 5) is 0. The van der Waals surface area contributed by atoms with E-state index in [2.05, 4.69) is 34.4 Å². The highest BCUT2D eigenvalue weighted by atomic mass is 127. The molecule has 1 heteroatoms. The molecule has 0 bridgehead atoms. The van der Waals surface area contributed by atoms with Crippen LogP contribution in [0.15, 0.2) is 17.4 Å². The summed E-state index contributed by atoms with van der Waals surface area (Å²) in [6.45, 7) is 0. The number of hydrogen-bond acceptors (Lipinski definition) is 0. The minimum atomic E-state index is 0.547. The lowest BCUT2D eigenvalue weighted by molar-refractivity contribution is 0.613. The van der Waals surface area contributed by atoms with Gasteiger partial charge in [0.1, 0.15) is 0 Å². The van der Waals surface area contributed by atoms with Crippen molar-refractivity contribution >= 4 is 22.6 Å². The van der Waals surface area contributed by atoms with Crippen LogP contribution < -0.4 is 0 Å². The minimum Gasteiger partial charge on any atom is -0.125 e. The van der Waals surface area contributed by atoms with Crippen LogP contribution in [-0.4, -0.2) is 3.42 Å². The Kier molecular flexibility index (Phi) is 2.61. The molecule has 0 amide bonds. The van der Waals surface area contributed by atoms with Gasteiger partial charge in [-0.1, -0.05) is 41.9 Å². The Morgan fingerprint density at radius 3 is 3.00 bits per heavy atom. The van der Waals surface area contributed by atoms with Gasteiger partial charge in [0.25, 0.3) is 0 Å². The lowest BCUT2D eigenvalue weighted by Gasteiger charge is -2.05. The fraction of sp³-hybridized carbons (Fsp3) is 0.727. The third-order valence-electron chi connectivity index (χ3n) is 2.82. The van der Waals surface area contributed by atoms with Crippen LogP contribution in [0.5, 0.6) is 0 Å². The van der Waals surface area contributed by atoms with Gasteiger partial charge in [0.05, 0.1) is 3.42 Å². The average molecular weight is 274 g/mol. The van der Waals surface area contributed by atoms with Crippen LogP contribution >= 0.6 is 22.6 Å². The van der Waals surface area contributed by atoms with E-state index in [1.807, 2.05) is 0 Å². The summed E-state index contributed by atoms with van der Waals surface area (Å²) in [5.74, 6) is 0. The molecule has 0 heterocycles. The van der Waals surface area contributed by atoms with Crippen molar-refractivity contribution in [3.05, 3.63) is 17.4 Å². The van der Waals surface area contributed by atoms with Crippen molar-refractivity contribution in [2.45, 2.75) is 48.4 Å². The van der Waals surface area contributed by atoms with Crippen molar-refractivity contribution in [3.63, 3.8) is 0 Å². The second-order valence-corrected chi connectivity index (χ2v) is 5.99. The van der Waals surface area contributed by atoms with Crippen molar-refractivity contribution in [2.75, 3.05) is 0 Å². The molecular formula is C11H15I. The molecule has 0 aromatic carbocycles. The van der Waals surface area contributed by atoms with E-state index in [9.17, 15) is 0 Å². The monoisotopic (exact) mass is 274 g/mol. The molecule has 0 spiro atoms. The molecule has 2 rings (SSSR count). The second kappa shape index (κ2) is 3.55. The number of rotatable bonds is 0. The number of alkyl halides is 1. The average Bonchev–Trinajstić information content (AvgIpc) is 2.70. The lowest BCUT2D eigenvalue weighted by atomic mass is 10.1. The summed E-state index contributed by atoms with van der Waals surface area (Å²) in [5.41, 5.74) is 5.03. The van der Waals surface area contributed by atoms with Crippen LogP contribution in [0, 0.1) is 0 Å². The van der Waals surface area contributed by atoms with E-state index in [0.717, 1.165) is 0 Å². The summed E-state index contributed by atoms with van der Waals surface area (Å²) in [5, 5.41) is 0. The highest BCUT2D eigenvalue weighted by molar-refractivity contribution is 14.1. The molecule has 12 heavy (non-hydrogen) atoms. The Hall–Kier alpha value is 0.250. The first-order valence-corrected chi connectivity index (χ1v) is 6.03. The van der Waals surface area contributed by atoms with E-state index in [4.69, 9.17) is 0 Å². The standard InChI is InChI=1S/C11H15I/c12-11-8-6-4-2-1-3-5-7-10(11)9-11/h5H,1-4,6,8-9H2/t7?,11-/m0/s1. The summed E-state index contributed by atoms with van der Waals surface area (Å²) in [6.07, 6.45) is 11.8. The maximum absolute atomic E-state index is 3.45. The van der Waals surface area contributed by atoms with Crippen molar-refractivity contribution in [1.29, 1.82) is 0 Å². The highest BCUT2D eigenvalue weighted by Crippen LogP contribution is 2.54. The van der Waals surface area contributed by atoms with Crippen LogP contribution in [0.25, 0.3) is 0 Å². The third-order valence-corrected chi connectivity index (χ3v) is 4.39. The Balaban J connectivity index is 2.07. The first kappa shape index (κ1) is 8.83. The molecule has 0 aliphatic heterocycles. The fourth-order valence-corrected chi connectivity index (χ4v) is 2.77. The molecule has 0 radical (unpaired) electrons. The zero-order valence-electron chi connectivity index (χ0n) is 7.41. The maximum atomic E-state index is 3.45. The first-order chi connectivity index (χ1) is 5.81. The number of fused-ring (bicyclic) bond motifs is 1. The van der Waals surface area contributed by atoms with Crippen LogP contribution in [0.1, 0.15) is 44.9 Å². The molecule has 0 N–H and O–H groups in total. The quantitative estimate of drug-likeness (QED) is 0.356. The van der Waals surface area contributed by atoms with Crippen LogP contribution in [0.2, 0.25) is 0 Å². The van der Waals surface area contributed by atoms with Crippen molar-refractivity contribution < 1.29 is 0 Å². The number of allylic oxidation sites excluding steroid dienone is 1. The minimum absolute atomic E-state index is 0.547. The number of hydrogen-bond donors (Lipinski definition) is 0. The summed E-state index contributed by atoms with van der Waals surface area (Å²) in [6, 6.07) is 0. The van der Waals surface area contributed by atoms with E-state index in [1.54, 1.807) is 5.57 Å². The molecule has 1 saturated carbocycles.